The summed E-state index contributed by atoms with van der Waals surface area (Å²) in [4.78, 5) is 26.2. The van der Waals surface area contributed by atoms with E-state index in [1.54, 1.807) is 24.3 Å². The summed E-state index contributed by atoms with van der Waals surface area (Å²) < 4.78 is 0. The molecule has 1 N–H and O–H groups in total. The van der Waals surface area contributed by atoms with Crippen molar-refractivity contribution in [1.82, 2.24) is 10.2 Å². The number of benzene rings is 2. The summed E-state index contributed by atoms with van der Waals surface area (Å²) in [5.41, 5.74) is 3.11. The van der Waals surface area contributed by atoms with Crippen LogP contribution in [0.2, 0.25) is 5.02 Å². The predicted molar refractivity (Wildman–Crippen MR) is 113 cm³/mol. The fourth-order valence-corrected chi connectivity index (χ4v) is 3.73. The van der Waals surface area contributed by atoms with Crippen LogP contribution in [0.25, 0.3) is 0 Å². The van der Waals surface area contributed by atoms with Crippen molar-refractivity contribution in [3.63, 3.8) is 0 Å². The van der Waals surface area contributed by atoms with E-state index in [0.717, 1.165) is 42.8 Å². The number of allylic oxidation sites excluding steroid dienone is 1. The lowest BCUT2D eigenvalue weighted by atomic mass is 9.89. The van der Waals surface area contributed by atoms with Crippen LogP contribution in [0.3, 0.4) is 0 Å². The van der Waals surface area contributed by atoms with Crippen LogP contribution in [0.4, 0.5) is 0 Å². The normalized spacial score (nSPS) is 16.4. The lowest BCUT2D eigenvalue weighted by Gasteiger charge is -2.32. The van der Waals surface area contributed by atoms with Gasteiger partial charge in [0.1, 0.15) is 0 Å². The molecule has 5 heteroatoms. The van der Waals surface area contributed by atoms with Crippen molar-refractivity contribution in [2.45, 2.75) is 25.7 Å². The number of aldehydes is 1. The first kappa shape index (κ1) is 20.3. The second kappa shape index (κ2) is 9.67. The molecule has 2 aromatic rings. The van der Waals surface area contributed by atoms with E-state index in [2.05, 4.69) is 22.3 Å². The molecule has 0 spiro atoms. The van der Waals surface area contributed by atoms with Crippen LogP contribution < -0.4 is 5.32 Å². The minimum absolute atomic E-state index is 0.261. The number of hydrogen-bond donors (Lipinski definition) is 1. The highest BCUT2D eigenvalue weighted by Gasteiger charge is 2.21. The molecule has 146 valence electrons. The van der Waals surface area contributed by atoms with Gasteiger partial charge in [-0.25, -0.2) is 0 Å². The maximum absolute atomic E-state index is 12.3. The molecule has 0 bridgehead atoms. The Labute approximate surface area is 171 Å². The third kappa shape index (κ3) is 5.31. The Morgan fingerprint density at radius 3 is 2.36 bits per heavy atom. The highest BCUT2D eigenvalue weighted by Crippen LogP contribution is 2.29. The smallest absolute Gasteiger partial charge is 0.255 e. The van der Waals surface area contributed by atoms with E-state index >= 15 is 0 Å². The molecule has 0 aliphatic carbocycles. The first-order chi connectivity index (χ1) is 13.6. The van der Waals surface area contributed by atoms with Gasteiger partial charge in [0.15, 0.2) is 6.29 Å². The van der Waals surface area contributed by atoms with E-state index < -0.39 is 0 Å². The summed E-state index contributed by atoms with van der Waals surface area (Å²) in [6.07, 6.45) is 2.88. The molecule has 1 heterocycles. The quantitative estimate of drug-likeness (QED) is 0.580. The molecule has 1 aliphatic rings. The molecule has 1 amide bonds. The zero-order valence-electron chi connectivity index (χ0n) is 16.0. The number of likely N-dealkylation sites (tertiary alicyclic amines) is 1. The number of hydrogen-bond acceptors (Lipinski definition) is 3. The van der Waals surface area contributed by atoms with E-state index in [1.807, 2.05) is 25.1 Å². The molecular formula is C23H25ClN2O2. The second-order valence-corrected chi connectivity index (χ2v) is 7.67. The largest absolute Gasteiger partial charge is 0.319 e. The van der Waals surface area contributed by atoms with Gasteiger partial charge in [-0.15, -0.1) is 0 Å². The summed E-state index contributed by atoms with van der Waals surface area (Å²) in [6.45, 7) is 4.50. The monoisotopic (exact) mass is 396 g/mol. The molecule has 1 fully saturated rings. The SMILES string of the molecule is CC(CN1CCC(c2ccc(Cl)cc2)CC1)=C(C=O)NC(=O)c1ccccc1. The third-order valence-electron chi connectivity index (χ3n) is 5.25. The Morgan fingerprint density at radius 2 is 1.75 bits per heavy atom. The molecule has 1 aliphatic heterocycles. The highest BCUT2D eigenvalue weighted by molar-refractivity contribution is 6.30. The van der Waals surface area contributed by atoms with Crippen molar-refractivity contribution in [3.05, 3.63) is 82.0 Å². The van der Waals surface area contributed by atoms with E-state index in [-0.39, 0.29) is 5.91 Å². The summed E-state index contributed by atoms with van der Waals surface area (Å²) in [7, 11) is 0. The van der Waals surface area contributed by atoms with Gasteiger partial charge in [-0.3, -0.25) is 14.5 Å². The minimum atomic E-state index is -0.261. The zero-order valence-corrected chi connectivity index (χ0v) is 16.8. The van der Waals surface area contributed by atoms with Gasteiger partial charge >= 0.3 is 0 Å². The standard InChI is InChI=1S/C23H25ClN2O2/c1-17(22(16-27)25-23(28)20-5-3-2-4-6-20)15-26-13-11-19(12-14-26)18-7-9-21(24)10-8-18/h2-10,16,19H,11-15H2,1H3,(H,25,28). The third-order valence-corrected chi connectivity index (χ3v) is 5.50. The molecular weight excluding hydrogens is 372 g/mol. The van der Waals surface area contributed by atoms with Crippen molar-refractivity contribution in [3.8, 4) is 0 Å². The molecule has 0 saturated carbocycles. The van der Waals surface area contributed by atoms with Gasteiger partial charge in [-0.2, -0.15) is 0 Å². The van der Waals surface area contributed by atoms with Crippen LogP contribution in [0, 0.1) is 0 Å². The predicted octanol–water partition coefficient (Wildman–Crippen LogP) is 4.42. The Hall–Kier alpha value is -2.43. The van der Waals surface area contributed by atoms with E-state index in [4.69, 9.17) is 11.6 Å². The number of amides is 1. The maximum atomic E-state index is 12.3. The molecule has 3 rings (SSSR count). The van der Waals surface area contributed by atoms with Crippen molar-refractivity contribution >= 4 is 23.8 Å². The van der Waals surface area contributed by atoms with Crippen molar-refractivity contribution in [1.29, 1.82) is 0 Å². The maximum Gasteiger partial charge on any atom is 0.255 e. The topological polar surface area (TPSA) is 49.4 Å². The van der Waals surface area contributed by atoms with Gasteiger partial charge in [0.25, 0.3) is 5.91 Å². The Balaban J connectivity index is 1.57. The van der Waals surface area contributed by atoms with E-state index in [9.17, 15) is 9.59 Å². The van der Waals surface area contributed by atoms with E-state index in [0.29, 0.717) is 23.7 Å². The van der Waals surface area contributed by atoms with Gasteiger partial charge in [-0.05, 0) is 74.2 Å². The average Bonchev–Trinajstić information content (AvgIpc) is 2.73. The van der Waals surface area contributed by atoms with Crippen LogP contribution in [-0.2, 0) is 4.79 Å². The number of piperidine rings is 1. The number of nitrogens with one attached hydrogen (secondary N) is 1. The zero-order chi connectivity index (χ0) is 19.9. The van der Waals surface area contributed by atoms with Crippen molar-refractivity contribution in [2.75, 3.05) is 19.6 Å². The van der Waals surface area contributed by atoms with Crippen LogP contribution in [0.5, 0.6) is 0 Å². The molecule has 28 heavy (non-hydrogen) atoms. The molecule has 2 aromatic carbocycles. The average molecular weight is 397 g/mol. The van der Waals surface area contributed by atoms with E-state index in [1.165, 1.54) is 5.56 Å². The summed E-state index contributed by atoms with van der Waals surface area (Å²) >= 11 is 5.98. The Bertz CT molecular complexity index is 839. The Morgan fingerprint density at radius 1 is 1.11 bits per heavy atom. The van der Waals surface area contributed by atoms with Gasteiger partial charge in [0.2, 0.25) is 0 Å². The van der Waals surface area contributed by atoms with Crippen molar-refractivity contribution in [2.24, 2.45) is 0 Å². The number of carbonyl (C=O) groups is 2. The molecule has 0 aromatic heterocycles. The molecule has 4 nitrogen and oxygen atoms in total. The number of rotatable bonds is 6. The second-order valence-electron chi connectivity index (χ2n) is 7.23. The van der Waals surface area contributed by atoms with Crippen molar-refractivity contribution < 1.29 is 9.59 Å². The van der Waals surface area contributed by atoms with Gasteiger partial charge in [-0.1, -0.05) is 41.9 Å². The minimum Gasteiger partial charge on any atom is -0.319 e. The van der Waals surface area contributed by atoms with Gasteiger partial charge in [0, 0.05) is 17.1 Å². The van der Waals surface area contributed by atoms with Gasteiger partial charge < -0.3 is 5.32 Å². The number of carbonyl (C=O) groups excluding carboxylic acids is 2. The highest BCUT2D eigenvalue weighted by atomic mass is 35.5. The summed E-state index contributed by atoms with van der Waals surface area (Å²) in [5, 5.41) is 3.51. The first-order valence-electron chi connectivity index (χ1n) is 9.56. The van der Waals surface area contributed by atoms with Crippen LogP contribution >= 0.6 is 11.6 Å². The summed E-state index contributed by atoms with van der Waals surface area (Å²) in [6, 6.07) is 17.0. The van der Waals surface area contributed by atoms with Crippen LogP contribution in [0.15, 0.2) is 65.9 Å². The first-order valence-corrected chi connectivity index (χ1v) is 9.93. The lowest BCUT2D eigenvalue weighted by molar-refractivity contribution is -0.105. The van der Waals surface area contributed by atoms with Crippen LogP contribution in [-0.4, -0.2) is 36.7 Å². The fraction of sp³-hybridized carbons (Fsp3) is 0.304. The molecule has 1 saturated heterocycles. The summed E-state index contributed by atoms with van der Waals surface area (Å²) in [5.74, 6) is 0.282. The number of nitrogens with zero attached hydrogens (tertiary/aromatic N) is 1. The lowest BCUT2D eigenvalue weighted by Crippen LogP contribution is -2.35. The molecule has 0 unspecified atom stereocenters. The Kier molecular flexibility index (Phi) is 7.01. The molecule has 0 atom stereocenters. The number of halogens is 1. The van der Waals surface area contributed by atoms with Gasteiger partial charge in [0.05, 0.1) is 5.70 Å². The molecule has 0 radical (unpaired) electrons. The van der Waals surface area contributed by atoms with Crippen LogP contribution in [0.1, 0.15) is 41.6 Å². The fourth-order valence-electron chi connectivity index (χ4n) is 3.60.